The number of hydrogen-bond acceptors (Lipinski definition) is 1. The van der Waals surface area contributed by atoms with E-state index in [1.165, 1.54) is 63.4 Å². The lowest BCUT2D eigenvalue weighted by atomic mass is 9.77. The van der Waals surface area contributed by atoms with Gasteiger partial charge in [0.25, 0.3) is 0 Å². The first-order valence-corrected chi connectivity index (χ1v) is 8.38. The van der Waals surface area contributed by atoms with Gasteiger partial charge in [0.1, 0.15) is 6.29 Å². The van der Waals surface area contributed by atoms with Crippen LogP contribution in [0.3, 0.4) is 0 Å². The predicted octanol–water partition coefficient (Wildman–Crippen LogP) is 5.74. The van der Waals surface area contributed by atoms with Gasteiger partial charge < -0.3 is 0 Å². The van der Waals surface area contributed by atoms with E-state index in [1.54, 1.807) is 0 Å². The van der Waals surface area contributed by atoms with Crippen molar-refractivity contribution in [2.45, 2.75) is 70.6 Å². The Morgan fingerprint density at radius 3 is 2.30 bits per heavy atom. The van der Waals surface area contributed by atoms with E-state index in [4.69, 9.17) is 0 Å². The first kappa shape index (κ1) is 15.3. The van der Waals surface area contributed by atoms with Crippen LogP contribution in [0.15, 0.2) is 24.3 Å². The normalized spacial score (nSPS) is 22.6. The van der Waals surface area contributed by atoms with Gasteiger partial charge in [-0.1, -0.05) is 63.3 Å². The summed E-state index contributed by atoms with van der Waals surface area (Å²) in [5, 5.41) is 0. The van der Waals surface area contributed by atoms with Crippen LogP contribution in [0.4, 0.5) is 0 Å². The SMILES string of the molecule is CCCCCCC1CCC(c2ccc(C=O)cc2)CC1. The first-order valence-electron chi connectivity index (χ1n) is 8.38. The van der Waals surface area contributed by atoms with Crippen molar-refractivity contribution >= 4 is 6.29 Å². The van der Waals surface area contributed by atoms with E-state index in [0.29, 0.717) is 0 Å². The Bertz CT molecular complexity index is 385. The molecule has 0 atom stereocenters. The Hall–Kier alpha value is -1.11. The van der Waals surface area contributed by atoms with Crippen LogP contribution in [0.2, 0.25) is 0 Å². The minimum Gasteiger partial charge on any atom is -0.298 e. The maximum Gasteiger partial charge on any atom is 0.150 e. The summed E-state index contributed by atoms with van der Waals surface area (Å²) < 4.78 is 0. The maximum absolute atomic E-state index is 10.7. The summed E-state index contributed by atoms with van der Waals surface area (Å²) in [5.74, 6) is 1.69. The average molecular weight is 272 g/mol. The van der Waals surface area contributed by atoms with E-state index in [9.17, 15) is 4.79 Å². The van der Waals surface area contributed by atoms with Gasteiger partial charge in [0.15, 0.2) is 0 Å². The predicted molar refractivity (Wildman–Crippen MR) is 85.3 cm³/mol. The molecule has 0 bridgehead atoms. The molecule has 1 aromatic rings. The Balaban J connectivity index is 1.74. The lowest BCUT2D eigenvalue weighted by Crippen LogP contribution is -2.13. The molecule has 0 radical (unpaired) electrons. The van der Waals surface area contributed by atoms with Gasteiger partial charge in [0.2, 0.25) is 0 Å². The summed E-state index contributed by atoms with van der Waals surface area (Å²) in [6.07, 6.45) is 13.4. The molecule has 0 spiro atoms. The molecule has 0 saturated heterocycles. The van der Waals surface area contributed by atoms with Crippen molar-refractivity contribution in [3.05, 3.63) is 35.4 Å². The maximum atomic E-state index is 10.7. The Kier molecular flexibility index (Phi) is 6.29. The molecule has 110 valence electrons. The summed E-state index contributed by atoms with van der Waals surface area (Å²) >= 11 is 0. The fourth-order valence-electron chi connectivity index (χ4n) is 3.49. The lowest BCUT2D eigenvalue weighted by Gasteiger charge is -2.29. The summed E-state index contributed by atoms with van der Waals surface area (Å²) in [4.78, 5) is 10.7. The van der Waals surface area contributed by atoms with Crippen LogP contribution in [0.5, 0.6) is 0 Å². The van der Waals surface area contributed by atoms with Crippen LogP contribution in [-0.4, -0.2) is 6.29 Å². The van der Waals surface area contributed by atoms with Gasteiger partial charge in [-0.25, -0.2) is 0 Å². The number of unbranched alkanes of at least 4 members (excludes halogenated alkanes) is 3. The molecule has 0 heterocycles. The molecule has 0 aromatic heterocycles. The van der Waals surface area contributed by atoms with Gasteiger partial charge in [-0.3, -0.25) is 4.79 Å². The second-order valence-corrected chi connectivity index (χ2v) is 6.35. The second-order valence-electron chi connectivity index (χ2n) is 6.35. The van der Waals surface area contributed by atoms with E-state index in [1.807, 2.05) is 12.1 Å². The molecule has 1 aliphatic carbocycles. The number of hydrogen-bond donors (Lipinski definition) is 0. The zero-order chi connectivity index (χ0) is 14.2. The summed E-state index contributed by atoms with van der Waals surface area (Å²) in [6.45, 7) is 2.28. The minimum absolute atomic E-state index is 0.725. The van der Waals surface area contributed by atoms with E-state index >= 15 is 0 Å². The van der Waals surface area contributed by atoms with Crippen molar-refractivity contribution in [2.24, 2.45) is 5.92 Å². The van der Waals surface area contributed by atoms with Gasteiger partial charge in [0.05, 0.1) is 0 Å². The fourth-order valence-corrected chi connectivity index (χ4v) is 3.49. The topological polar surface area (TPSA) is 17.1 Å². The number of aldehydes is 1. The van der Waals surface area contributed by atoms with Crippen LogP contribution in [-0.2, 0) is 0 Å². The Morgan fingerprint density at radius 2 is 1.70 bits per heavy atom. The van der Waals surface area contributed by atoms with Crippen LogP contribution in [0, 0.1) is 5.92 Å². The zero-order valence-corrected chi connectivity index (χ0v) is 12.8. The number of rotatable bonds is 7. The van der Waals surface area contributed by atoms with Crippen LogP contribution < -0.4 is 0 Å². The molecule has 0 unspecified atom stereocenters. The average Bonchev–Trinajstić information content (AvgIpc) is 2.52. The van der Waals surface area contributed by atoms with Crippen LogP contribution in [0.1, 0.15) is 86.6 Å². The third kappa shape index (κ3) is 4.47. The molecule has 2 rings (SSSR count). The standard InChI is InChI=1S/C19H28O/c1-2-3-4-5-6-16-7-11-18(12-8-16)19-13-9-17(15-20)10-14-19/h9-10,13-16,18H,2-8,11-12H2,1H3. The van der Waals surface area contributed by atoms with Crippen LogP contribution >= 0.6 is 0 Å². The van der Waals surface area contributed by atoms with Crippen molar-refractivity contribution in [3.8, 4) is 0 Å². The highest BCUT2D eigenvalue weighted by atomic mass is 16.1. The second kappa shape index (κ2) is 8.24. The van der Waals surface area contributed by atoms with E-state index in [0.717, 1.165) is 23.7 Å². The van der Waals surface area contributed by atoms with Gasteiger partial charge in [-0.15, -0.1) is 0 Å². The van der Waals surface area contributed by atoms with Crippen LogP contribution in [0.25, 0.3) is 0 Å². The summed E-state index contributed by atoms with van der Waals surface area (Å²) in [6, 6.07) is 8.21. The molecular weight excluding hydrogens is 244 g/mol. The summed E-state index contributed by atoms with van der Waals surface area (Å²) in [7, 11) is 0. The highest BCUT2D eigenvalue weighted by Gasteiger charge is 2.21. The molecule has 0 aliphatic heterocycles. The number of carbonyl (C=O) groups excluding carboxylic acids is 1. The molecule has 1 heteroatoms. The molecule has 1 aliphatic rings. The van der Waals surface area contributed by atoms with Gasteiger partial charge in [0, 0.05) is 5.56 Å². The zero-order valence-electron chi connectivity index (χ0n) is 12.8. The highest BCUT2D eigenvalue weighted by molar-refractivity contribution is 5.74. The van der Waals surface area contributed by atoms with Gasteiger partial charge in [-0.2, -0.15) is 0 Å². The molecule has 1 fully saturated rings. The van der Waals surface area contributed by atoms with Gasteiger partial charge >= 0.3 is 0 Å². The molecule has 0 N–H and O–H groups in total. The minimum atomic E-state index is 0.725. The number of carbonyl (C=O) groups is 1. The van der Waals surface area contributed by atoms with Crippen molar-refractivity contribution in [1.82, 2.24) is 0 Å². The quantitative estimate of drug-likeness (QED) is 0.456. The van der Waals surface area contributed by atoms with Gasteiger partial charge in [-0.05, 0) is 43.1 Å². The third-order valence-electron chi connectivity index (χ3n) is 4.86. The Morgan fingerprint density at radius 1 is 1.00 bits per heavy atom. The molecule has 1 aromatic carbocycles. The first-order chi connectivity index (χ1) is 9.83. The molecular formula is C19H28O. The largest absolute Gasteiger partial charge is 0.298 e. The number of benzene rings is 1. The van der Waals surface area contributed by atoms with E-state index in [2.05, 4.69) is 19.1 Å². The van der Waals surface area contributed by atoms with E-state index < -0.39 is 0 Å². The molecule has 0 amide bonds. The monoisotopic (exact) mass is 272 g/mol. The molecule has 1 nitrogen and oxygen atoms in total. The van der Waals surface area contributed by atoms with Crippen molar-refractivity contribution < 1.29 is 4.79 Å². The molecule has 20 heavy (non-hydrogen) atoms. The van der Waals surface area contributed by atoms with E-state index in [-0.39, 0.29) is 0 Å². The molecule has 1 saturated carbocycles. The van der Waals surface area contributed by atoms with Crippen molar-refractivity contribution in [1.29, 1.82) is 0 Å². The lowest BCUT2D eigenvalue weighted by molar-refractivity contribution is 0.112. The summed E-state index contributed by atoms with van der Waals surface area (Å²) in [5.41, 5.74) is 2.22. The Labute approximate surface area is 123 Å². The van der Waals surface area contributed by atoms with Crippen molar-refractivity contribution in [3.63, 3.8) is 0 Å². The fraction of sp³-hybridized carbons (Fsp3) is 0.632. The van der Waals surface area contributed by atoms with Crippen molar-refractivity contribution in [2.75, 3.05) is 0 Å². The highest BCUT2D eigenvalue weighted by Crippen LogP contribution is 2.37. The smallest absolute Gasteiger partial charge is 0.150 e. The third-order valence-corrected chi connectivity index (χ3v) is 4.86.